The Morgan fingerprint density at radius 2 is 2.17 bits per heavy atom. The summed E-state index contributed by atoms with van der Waals surface area (Å²) in [7, 11) is 1.94. The average Bonchev–Trinajstić information content (AvgIpc) is 2.94. The van der Waals surface area contributed by atoms with Gasteiger partial charge in [0.05, 0.1) is 12.7 Å². The van der Waals surface area contributed by atoms with Crippen LogP contribution in [0.2, 0.25) is 5.02 Å². The van der Waals surface area contributed by atoms with Crippen molar-refractivity contribution in [3.63, 3.8) is 0 Å². The molecule has 0 aliphatic carbocycles. The van der Waals surface area contributed by atoms with E-state index in [1.165, 1.54) is 5.56 Å². The third kappa shape index (κ3) is 6.32. The lowest BCUT2D eigenvalue weighted by Gasteiger charge is -2.11. The number of hydrogen-bond donors (Lipinski definition) is 2. The highest BCUT2D eigenvalue weighted by Crippen LogP contribution is 2.11. The summed E-state index contributed by atoms with van der Waals surface area (Å²) in [5.41, 5.74) is 2.36. The van der Waals surface area contributed by atoms with Crippen LogP contribution in [0.3, 0.4) is 0 Å². The summed E-state index contributed by atoms with van der Waals surface area (Å²) in [5.74, 6) is 0.832. The van der Waals surface area contributed by atoms with Crippen molar-refractivity contribution in [2.45, 2.75) is 26.3 Å². The molecule has 0 bridgehead atoms. The largest absolute Gasteiger partial charge is 0.357 e. The van der Waals surface area contributed by atoms with Crippen molar-refractivity contribution in [3.8, 4) is 0 Å². The number of nitrogens with one attached hydrogen (secondary N) is 2. The maximum absolute atomic E-state index is 6.00. The summed E-state index contributed by atoms with van der Waals surface area (Å²) in [6, 6.07) is 7.79. The van der Waals surface area contributed by atoms with Gasteiger partial charge in [-0.3, -0.25) is 4.68 Å². The molecular formula is C17H24ClN5. The molecule has 124 valence electrons. The maximum Gasteiger partial charge on any atom is 0.191 e. The molecule has 0 radical (unpaired) electrons. The van der Waals surface area contributed by atoms with Crippen LogP contribution < -0.4 is 10.6 Å². The first-order valence-electron chi connectivity index (χ1n) is 7.91. The summed E-state index contributed by atoms with van der Waals surface area (Å²) >= 11 is 6.00. The van der Waals surface area contributed by atoms with Crippen LogP contribution in [-0.2, 0) is 20.0 Å². The maximum atomic E-state index is 6.00. The number of hydrogen-bond acceptors (Lipinski definition) is 2. The predicted molar refractivity (Wildman–Crippen MR) is 95.8 cm³/mol. The Hall–Kier alpha value is -2.01. The van der Waals surface area contributed by atoms with E-state index >= 15 is 0 Å². The number of aromatic nitrogens is 2. The Labute approximate surface area is 142 Å². The number of guanidine groups is 1. The van der Waals surface area contributed by atoms with Gasteiger partial charge in [0.1, 0.15) is 0 Å². The van der Waals surface area contributed by atoms with E-state index in [-0.39, 0.29) is 0 Å². The molecule has 0 saturated carbocycles. The van der Waals surface area contributed by atoms with Crippen molar-refractivity contribution in [2.75, 3.05) is 13.1 Å². The minimum Gasteiger partial charge on any atom is -0.357 e. The lowest BCUT2D eigenvalue weighted by atomic mass is 10.2. The van der Waals surface area contributed by atoms with Gasteiger partial charge in [0.25, 0.3) is 0 Å². The number of nitrogens with zero attached hydrogens (tertiary/aromatic N) is 3. The fourth-order valence-electron chi connectivity index (χ4n) is 2.25. The second-order valence-electron chi connectivity index (χ2n) is 5.38. The number of halogens is 1. The Morgan fingerprint density at radius 1 is 1.30 bits per heavy atom. The van der Waals surface area contributed by atoms with Gasteiger partial charge in [-0.25, -0.2) is 4.99 Å². The van der Waals surface area contributed by atoms with Crippen LogP contribution in [0.4, 0.5) is 0 Å². The molecule has 6 heteroatoms. The molecule has 0 amide bonds. The first-order valence-corrected chi connectivity index (χ1v) is 8.29. The average molecular weight is 334 g/mol. The molecule has 5 nitrogen and oxygen atoms in total. The zero-order valence-electron chi connectivity index (χ0n) is 13.7. The van der Waals surface area contributed by atoms with E-state index in [1.54, 1.807) is 0 Å². The molecule has 1 aromatic carbocycles. The third-order valence-corrected chi connectivity index (χ3v) is 3.58. The molecule has 1 heterocycles. The molecule has 0 aliphatic heterocycles. The summed E-state index contributed by atoms with van der Waals surface area (Å²) in [4.78, 5) is 4.59. The highest BCUT2D eigenvalue weighted by atomic mass is 35.5. The van der Waals surface area contributed by atoms with Crippen molar-refractivity contribution in [2.24, 2.45) is 12.0 Å². The Balaban J connectivity index is 1.79. The topological polar surface area (TPSA) is 54.2 Å². The van der Waals surface area contributed by atoms with Crippen LogP contribution in [0.15, 0.2) is 41.7 Å². The van der Waals surface area contributed by atoms with Gasteiger partial charge in [-0.05, 0) is 43.0 Å². The third-order valence-electron chi connectivity index (χ3n) is 3.35. The van der Waals surface area contributed by atoms with E-state index in [0.717, 1.165) is 42.5 Å². The van der Waals surface area contributed by atoms with Gasteiger partial charge in [-0.1, -0.05) is 23.7 Å². The first kappa shape index (κ1) is 17.3. The van der Waals surface area contributed by atoms with Crippen molar-refractivity contribution >= 4 is 17.6 Å². The minimum atomic E-state index is 0.610. The van der Waals surface area contributed by atoms with Gasteiger partial charge in [-0.15, -0.1) is 0 Å². The van der Waals surface area contributed by atoms with E-state index in [2.05, 4.69) is 33.8 Å². The molecule has 0 aliphatic rings. The Morgan fingerprint density at radius 3 is 2.87 bits per heavy atom. The number of aryl methyl sites for hydroxylation is 2. The number of benzene rings is 1. The molecule has 0 spiro atoms. The van der Waals surface area contributed by atoms with Gasteiger partial charge in [0, 0.05) is 31.4 Å². The summed E-state index contributed by atoms with van der Waals surface area (Å²) in [5, 5.41) is 11.5. The number of aliphatic imine (C=N–C) groups is 1. The van der Waals surface area contributed by atoms with E-state index in [9.17, 15) is 0 Å². The fraction of sp³-hybridized carbons (Fsp3) is 0.412. The van der Waals surface area contributed by atoms with Crippen LogP contribution in [0.5, 0.6) is 0 Å². The van der Waals surface area contributed by atoms with E-state index in [4.69, 9.17) is 11.6 Å². The van der Waals surface area contributed by atoms with Crippen LogP contribution in [0.25, 0.3) is 0 Å². The van der Waals surface area contributed by atoms with Gasteiger partial charge < -0.3 is 10.6 Å². The SMILES string of the molecule is CCNC(=NCc1cccc(Cl)c1)NCCCc1cnn(C)c1. The van der Waals surface area contributed by atoms with Gasteiger partial charge in [-0.2, -0.15) is 5.10 Å². The Kier molecular flexibility index (Phi) is 6.94. The molecule has 2 N–H and O–H groups in total. The minimum absolute atomic E-state index is 0.610. The van der Waals surface area contributed by atoms with Gasteiger partial charge >= 0.3 is 0 Å². The van der Waals surface area contributed by atoms with Crippen molar-refractivity contribution in [1.29, 1.82) is 0 Å². The van der Waals surface area contributed by atoms with Crippen LogP contribution >= 0.6 is 11.6 Å². The fourth-order valence-corrected chi connectivity index (χ4v) is 2.46. The highest BCUT2D eigenvalue weighted by Gasteiger charge is 2.00. The van der Waals surface area contributed by atoms with Crippen LogP contribution in [-0.4, -0.2) is 28.8 Å². The zero-order chi connectivity index (χ0) is 16.5. The van der Waals surface area contributed by atoms with E-state index in [1.807, 2.05) is 42.2 Å². The number of rotatable bonds is 7. The first-order chi connectivity index (χ1) is 11.2. The standard InChI is InChI=1S/C17H24ClN5/c1-3-19-17(21-11-14-6-4-8-16(18)10-14)20-9-5-7-15-12-22-23(2)13-15/h4,6,8,10,12-13H,3,5,7,9,11H2,1-2H3,(H2,19,20,21). The van der Waals surface area contributed by atoms with E-state index < -0.39 is 0 Å². The second kappa shape index (κ2) is 9.20. The van der Waals surface area contributed by atoms with Crippen molar-refractivity contribution < 1.29 is 0 Å². The highest BCUT2D eigenvalue weighted by molar-refractivity contribution is 6.30. The zero-order valence-corrected chi connectivity index (χ0v) is 14.5. The lowest BCUT2D eigenvalue weighted by Crippen LogP contribution is -2.37. The quantitative estimate of drug-likeness (QED) is 0.465. The van der Waals surface area contributed by atoms with Gasteiger partial charge in [0.15, 0.2) is 5.96 Å². The van der Waals surface area contributed by atoms with Gasteiger partial charge in [0.2, 0.25) is 0 Å². The molecule has 2 rings (SSSR count). The van der Waals surface area contributed by atoms with Crippen LogP contribution in [0, 0.1) is 0 Å². The van der Waals surface area contributed by atoms with Crippen LogP contribution in [0.1, 0.15) is 24.5 Å². The monoisotopic (exact) mass is 333 g/mol. The molecule has 1 aromatic heterocycles. The second-order valence-corrected chi connectivity index (χ2v) is 5.81. The lowest BCUT2D eigenvalue weighted by molar-refractivity contribution is 0.740. The summed E-state index contributed by atoms with van der Waals surface area (Å²) in [6.07, 6.45) is 6.01. The normalized spacial score (nSPS) is 11.5. The summed E-state index contributed by atoms with van der Waals surface area (Å²) in [6.45, 7) is 4.38. The molecule has 0 atom stereocenters. The molecule has 23 heavy (non-hydrogen) atoms. The molecule has 0 fully saturated rings. The Bertz CT molecular complexity index is 635. The van der Waals surface area contributed by atoms with Crippen molar-refractivity contribution in [1.82, 2.24) is 20.4 Å². The smallest absolute Gasteiger partial charge is 0.191 e. The molecule has 2 aromatic rings. The molecule has 0 unspecified atom stereocenters. The predicted octanol–water partition coefficient (Wildman–Crippen LogP) is 2.76. The van der Waals surface area contributed by atoms with E-state index in [0.29, 0.717) is 6.54 Å². The molecule has 0 saturated heterocycles. The molecular weight excluding hydrogens is 310 g/mol. The van der Waals surface area contributed by atoms with Crippen molar-refractivity contribution in [3.05, 3.63) is 52.8 Å². The summed E-state index contributed by atoms with van der Waals surface area (Å²) < 4.78 is 1.83.